The topological polar surface area (TPSA) is 87.5 Å². The van der Waals surface area contributed by atoms with Crippen LogP contribution in [0.2, 0.25) is 0 Å². The largest absolute Gasteiger partial charge is 0.483 e. The number of nitrogens with zero attached hydrogens (tertiary/aromatic N) is 3. The number of nitrogens with one attached hydrogen (secondary N) is 1. The van der Waals surface area contributed by atoms with E-state index in [2.05, 4.69) is 15.5 Å². The zero-order valence-electron chi connectivity index (χ0n) is 18.7. The summed E-state index contributed by atoms with van der Waals surface area (Å²) >= 11 is 1.26. The minimum atomic E-state index is -0.493. The van der Waals surface area contributed by atoms with Gasteiger partial charge in [-0.05, 0) is 43.3 Å². The van der Waals surface area contributed by atoms with E-state index in [1.807, 2.05) is 30.3 Å². The zero-order chi connectivity index (χ0) is 24.2. The second-order valence-electron chi connectivity index (χ2n) is 7.61. The van der Waals surface area contributed by atoms with Crippen LogP contribution < -0.4 is 19.5 Å². The maximum absolute atomic E-state index is 14.0. The van der Waals surface area contributed by atoms with Crippen LogP contribution in [0.4, 0.5) is 10.1 Å². The Labute approximate surface area is 205 Å². The van der Waals surface area contributed by atoms with Crippen molar-refractivity contribution in [2.75, 3.05) is 12.1 Å². The van der Waals surface area contributed by atoms with Crippen molar-refractivity contribution in [1.29, 1.82) is 0 Å². The molecule has 8 nitrogen and oxygen atoms in total. The number of fused-ring (bicyclic) bond motifs is 1. The number of carbonyl (C=O) groups is 1. The Hall–Kier alpha value is -4.05. The number of amides is 1. The SMILES string of the molecule is C[C@H](Sc1nnc(COc2ccccc2F)n1-c1ccccc1)C(=O)Nc1ccc2c(c1)OCO2. The van der Waals surface area contributed by atoms with Gasteiger partial charge in [0.2, 0.25) is 12.7 Å². The highest BCUT2D eigenvalue weighted by atomic mass is 32.2. The highest BCUT2D eigenvalue weighted by molar-refractivity contribution is 8.00. The Morgan fingerprint density at radius 2 is 1.86 bits per heavy atom. The molecular weight excluding hydrogens is 471 g/mol. The van der Waals surface area contributed by atoms with Gasteiger partial charge in [-0.3, -0.25) is 9.36 Å². The third kappa shape index (κ3) is 5.07. The molecule has 0 saturated carbocycles. The van der Waals surface area contributed by atoms with Crippen molar-refractivity contribution >= 4 is 23.4 Å². The average Bonchev–Trinajstić information content (AvgIpc) is 3.50. The molecule has 178 valence electrons. The lowest BCUT2D eigenvalue weighted by Crippen LogP contribution is -2.23. The van der Waals surface area contributed by atoms with Crippen LogP contribution in [0.5, 0.6) is 17.2 Å². The molecule has 0 radical (unpaired) electrons. The molecule has 2 heterocycles. The van der Waals surface area contributed by atoms with Crippen molar-refractivity contribution < 1.29 is 23.4 Å². The molecule has 1 aliphatic heterocycles. The van der Waals surface area contributed by atoms with E-state index in [1.54, 1.807) is 47.9 Å². The molecule has 35 heavy (non-hydrogen) atoms. The van der Waals surface area contributed by atoms with Gasteiger partial charge in [-0.2, -0.15) is 0 Å². The summed E-state index contributed by atoms with van der Waals surface area (Å²) in [6.45, 7) is 1.95. The number of thioether (sulfide) groups is 1. The maximum atomic E-state index is 14.0. The first-order chi connectivity index (χ1) is 17.1. The van der Waals surface area contributed by atoms with Crippen LogP contribution in [0, 0.1) is 5.82 Å². The summed E-state index contributed by atoms with van der Waals surface area (Å²) in [6, 6.07) is 20.9. The molecule has 0 aliphatic carbocycles. The van der Waals surface area contributed by atoms with Gasteiger partial charge in [0.1, 0.15) is 6.61 Å². The molecule has 0 saturated heterocycles. The van der Waals surface area contributed by atoms with Crippen LogP contribution >= 0.6 is 11.8 Å². The van der Waals surface area contributed by atoms with E-state index in [4.69, 9.17) is 14.2 Å². The summed E-state index contributed by atoms with van der Waals surface area (Å²) in [4.78, 5) is 12.9. The summed E-state index contributed by atoms with van der Waals surface area (Å²) in [6.07, 6.45) is 0. The number of ether oxygens (including phenoxy) is 3. The number of aromatic nitrogens is 3. The van der Waals surface area contributed by atoms with Gasteiger partial charge < -0.3 is 19.5 Å². The molecule has 5 rings (SSSR count). The molecule has 0 spiro atoms. The molecule has 1 aromatic heterocycles. The van der Waals surface area contributed by atoms with E-state index in [1.165, 1.54) is 17.8 Å². The number of carbonyl (C=O) groups excluding carboxylic acids is 1. The first kappa shape index (κ1) is 22.7. The Morgan fingerprint density at radius 1 is 1.09 bits per heavy atom. The second kappa shape index (κ2) is 10.1. The van der Waals surface area contributed by atoms with Crippen molar-refractivity contribution in [3.8, 4) is 22.9 Å². The van der Waals surface area contributed by atoms with Crippen molar-refractivity contribution in [3.63, 3.8) is 0 Å². The van der Waals surface area contributed by atoms with Crippen LogP contribution in [0.15, 0.2) is 78.0 Å². The highest BCUT2D eigenvalue weighted by Gasteiger charge is 2.22. The third-order valence-electron chi connectivity index (χ3n) is 5.20. The molecule has 1 N–H and O–H groups in total. The fourth-order valence-electron chi connectivity index (χ4n) is 3.44. The number of hydrogen-bond donors (Lipinski definition) is 1. The molecule has 1 amide bonds. The minimum Gasteiger partial charge on any atom is -0.483 e. The zero-order valence-corrected chi connectivity index (χ0v) is 19.5. The minimum absolute atomic E-state index is 0.00115. The van der Waals surface area contributed by atoms with Gasteiger partial charge in [0, 0.05) is 17.4 Å². The van der Waals surface area contributed by atoms with Crippen LogP contribution in [-0.4, -0.2) is 32.7 Å². The lowest BCUT2D eigenvalue weighted by atomic mass is 10.2. The van der Waals surface area contributed by atoms with E-state index in [-0.39, 0.29) is 25.1 Å². The lowest BCUT2D eigenvalue weighted by Gasteiger charge is -2.14. The maximum Gasteiger partial charge on any atom is 0.237 e. The van der Waals surface area contributed by atoms with Crippen LogP contribution in [0.3, 0.4) is 0 Å². The summed E-state index contributed by atoms with van der Waals surface area (Å²) in [5, 5.41) is 11.5. The lowest BCUT2D eigenvalue weighted by molar-refractivity contribution is -0.115. The van der Waals surface area contributed by atoms with Crippen molar-refractivity contribution in [2.24, 2.45) is 0 Å². The van der Waals surface area contributed by atoms with Gasteiger partial charge in [0.25, 0.3) is 0 Å². The van der Waals surface area contributed by atoms with E-state index in [0.717, 1.165) is 5.69 Å². The summed E-state index contributed by atoms with van der Waals surface area (Å²) in [5.41, 5.74) is 1.41. The summed E-state index contributed by atoms with van der Waals surface area (Å²) in [5.74, 6) is 1.17. The van der Waals surface area contributed by atoms with Crippen LogP contribution in [0.1, 0.15) is 12.7 Å². The van der Waals surface area contributed by atoms with Crippen LogP contribution in [0.25, 0.3) is 5.69 Å². The number of benzene rings is 3. The van der Waals surface area contributed by atoms with Gasteiger partial charge in [0.15, 0.2) is 34.0 Å². The number of anilines is 1. The number of para-hydroxylation sites is 2. The molecule has 1 atom stereocenters. The number of halogens is 1. The van der Waals surface area contributed by atoms with Crippen LogP contribution in [-0.2, 0) is 11.4 Å². The van der Waals surface area contributed by atoms with E-state index in [0.29, 0.717) is 28.2 Å². The Bertz CT molecular complexity index is 1350. The van der Waals surface area contributed by atoms with E-state index in [9.17, 15) is 9.18 Å². The highest BCUT2D eigenvalue weighted by Crippen LogP contribution is 2.34. The molecule has 3 aromatic carbocycles. The first-order valence-electron chi connectivity index (χ1n) is 10.8. The predicted molar refractivity (Wildman–Crippen MR) is 129 cm³/mol. The normalized spacial score (nSPS) is 12.9. The standard InChI is InChI=1S/C25H21FN4O4S/c1-16(24(31)27-17-11-12-21-22(13-17)34-15-33-21)35-25-29-28-23(30(25)18-7-3-2-4-8-18)14-32-20-10-6-5-9-19(20)26/h2-13,16H,14-15H2,1H3,(H,27,31)/t16-/m0/s1. The fourth-order valence-corrected chi connectivity index (χ4v) is 4.33. The number of rotatable bonds is 8. The third-order valence-corrected chi connectivity index (χ3v) is 6.24. The molecule has 0 fully saturated rings. The molecule has 1 aliphatic rings. The first-order valence-corrected chi connectivity index (χ1v) is 11.7. The average molecular weight is 493 g/mol. The van der Waals surface area contributed by atoms with Crippen molar-refractivity contribution in [1.82, 2.24) is 14.8 Å². The van der Waals surface area contributed by atoms with Crippen molar-refractivity contribution in [3.05, 3.63) is 84.4 Å². The number of hydrogen-bond acceptors (Lipinski definition) is 7. The monoisotopic (exact) mass is 492 g/mol. The Balaban J connectivity index is 1.34. The predicted octanol–water partition coefficient (Wildman–Crippen LogP) is 4.83. The Kier molecular flexibility index (Phi) is 6.53. The van der Waals surface area contributed by atoms with Gasteiger partial charge >= 0.3 is 0 Å². The fraction of sp³-hybridized carbons (Fsp3) is 0.160. The van der Waals surface area contributed by atoms with Crippen molar-refractivity contribution in [2.45, 2.75) is 23.9 Å². The summed E-state index contributed by atoms with van der Waals surface area (Å²) in [7, 11) is 0. The van der Waals surface area contributed by atoms with Gasteiger partial charge in [-0.25, -0.2) is 4.39 Å². The van der Waals surface area contributed by atoms with E-state index < -0.39 is 11.1 Å². The molecule has 10 heteroatoms. The smallest absolute Gasteiger partial charge is 0.237 e. The van der Waals surface area contributed by atoms with Gasteiger partial charge in [-0.1, -0.05) is 42.1 Å². The van der Waals surface area contributed by atoms with E-state index >= 15 is 0 Å². The molecule has 0 bridgehead atoms. The second-order valence-corrected chi connectivity index (χ2v) is 8.91. The molecule has 4 aromatic rings. The van der Waals surface area contributed by atoms with Gasteiger partial charge in [-0.15, -0.1) is 10.2 Å². The summed E-state index contributed by atoms with van der Waals surface area (Å²) < 4.78 is 32.1. The molecule has 0 unspecified atom stereocenters. The molecular formula is C25H21FN4O4S. The Morgan fingerprint density at radius 3 is 2.69 bits per heavy atom. The quantitative estimate of drug-likeness (QED) is 0.353. The van der Waals surface area contributed by atoms with Gasteiger partial charge in [0.05, 0.1) is 5.25 Å².